The number of ether oxygens (including phenoxy) is 1. The van der Waals surface area contributed by atoms with Gasteiger partial charge in [0.2, 0.25) is 0 Å². The van der Waals surface area contributed by atoms with Crippen molar-refractivity contribution in [2.24, 2.45) is 0 Å². The van der Waals surface area contributed by atoms with Crippen molar-refractivity contribution in [2.75, 3.05) is 7.11 Å². The lowest BCUT2D eigenvalue weighted by Crippen LogP contribution is -1.85. The molecule has 0 spiro atoms. The van der Waals surface area contributed by atoms with Crippen molar-refractivity contribution >= 4 is 30.2 Å². The van der Waals surface area contributed by atoms with E-state index >= 15 is 0 Å². The Labute approximate surface area is 82.4 Å². The molecule has 1 N–H and O–H groups in total. The zero-order valence-corrected chi connectivity index (χ0v) is 8.08. The lowest BCUT2D eigenvalue weighted by atomic mass is 10.2. The molecule has 0 aromatic heterocycles. The topological polar surface area (TPSA) is 33.1 Å². The highest BCUT2D eigenvalue weighted by Crippen LogP contribution is 2.20. The van der Waals surface area contributed by atoms with E-state index in [1.807, 2.05) is 0 Å². The van der Waals surface area contributed by atoms with E-state index < -0.39 is 0 Å². The van der Waals surface area contributed by atoms with Gasteiger partial charge >= 0.3 is 0 Å². The third-order valence-electron chi connectivity index (χ3n) is 1.36. The van der Waals surface area contributed by atoms with Crippen molar-refractivity contribution < 1.29 is 4.74 Å². The Kier molecular flexibility index (Phi) is 4.71. The van der Waals surface area contributed by atoms with Gasteiger partial charge in [0.1, 0.15) is 5.75 Å². The number of hydrogen-bond acceptors (Lipinski definition) is 2. The van der Waals surface area contributed by atoms with E-state index in [0.29, 0.717) is 16.3 Å². The average Bonchev–Trinajstić information content (AvgIpc) is 2.04. The highest BCUT2D eigenvalue weighted by molar-refractivity contribution is 6.33. The van der Waals surface area contributed by atoms with Crippen molar-refractivity contribution in [1.29, 1.82) is 5.41 Å². The second-order valence-electron chi connectivity index (χ2n) is 2.03. The number of hydrogen-bond donors (Lipinski definition) is 1. The molecule has 1 aromatic carbocycles. The van der Waals surface area contributed by atoms with E-state index in [1.165, 1.54) is 6.21 Å². The molecule has 0 aliphatic carbocycles. The van der Waals surface area contributed by atoms with E-state index in [2.05, 4.69) is 0 Å². The Bertz CT molecular complexity index is 276. The number of rotatable bonds is 2. The molecule has 0 amide bonds. The van der Waals surface area contributed by atoms with Crippen molar-refractivity contribution in [2.45, 2.75) is 0 Å². The third-order valence-corrected chi connectivity index (χ3v) is 1.69. The van der Waals surface area contributed by atoms with Crippen LogP contribution in [-0.2, 0) is 0 Å². The Morgan fingerprint density at radius 3 is 2.58 bits per heavy atom. The molecule has 0 fully saturated rings. The molecule has 1 rings (SSSR count). The van der Waals surface area contributed by atoms with Crippen molar-refractivity contribution in [1.82, 2.24) is 0 Å². The molecule has 0 unspecified atom stereocenters. The summed E-state index contributed by atoms with van der Waals surface area (Å²) in [7, 11) is 1.58. The van der Waals surface area contributed by atoms with Gasteiger partial charge in [0.05, 0.1) is 12.1 Å². The van der Waals surface area contributed by atoms with Crippen molar-refractivity contribution in [3.05, 3.63) is 28.8 Å². The molecule has 0 saturated heterocycles. The van der Waals surface area contributed by atoms with Crippen molar-refractivity contribution in [3.8, 4) is 5.75 Å². The molecule has 0 aliphatic heterocycles. The van der Waals surface area contributed by atoms with E-state index in [0.717, 1.165) is 0 Å². The van der Waals surface area contributed by atoms with E-state index in [4.69, 9.17) is 21.7 Å². The first-order chi connectivity index (χ1) is 5.27. The SMILES string of the molecule is COc1ccc(C=N)c(Cl)c1.Cl. The van der Waals surface area contributed by atoms with Gasteiger partial charge in [-0.25, -0.2) is 0 Å². The van der Waals surface area contributed by atoms with Gasteiger partial charge in [-0.3, -0.25) is 0 Å². The summed E-state index contributed by atoms with van der Waals surface area (Å²) in [5.74, 6) is 0.709. The van der Waals surface area contributed by atoms with Gasteiger partial charge in [0, 0.05) is 11.8 Å². The maximum Gasteiger partial charge on any atom is 0.120 e. The van der Waals surface area contributed by atoms with Crippen LogP contribution in [0, 0.1) is 5.41 Å². The monoisotopic (exact) mass is 205 g/mol. The molecule has 0 radical (unpaired) electrons. The van der Waals surface area contributed by atoms with Gasteiger partial charge in [-0.05, 0) is 18.2 Å². The largest absolute Gasteiger partial charge is 0.497 e. The van der Waals surface area contributed by atoms with E-state index in [1.54, 1.807) is 25.3 Å². The van der Waals surface area contributed by atoms with Crippen LogP contribution < -0.4 is 4.74 Å². The summed E-state index contributed by atoms with van der Waals surface area (Å²) in [4.78, 5) is 0. The summed E-state index contributed by atoms with van der Waals surface area (Å²) < 4.78 is 4.93. The zero-order chi connectivity index (χ0) is 8.27. The predicted octanol–water partition coefficient (Wildman–Crippen LogP) is 2.77. The lowest BCUT2D eigenvalue weighted by molar-refractivity contribution is 0.415. The lowest BCUT2D eigenvalue weighted by Gasteiger charge is -2.00. The van der Waals surface area contributed by atoms with Gasteiger partial charge in [-0.2, -0.15) is 0 Å². The molecule has 66 valence electrons. The highest BCUT2D eigenvalue weighted by atomic mass is 35.5. The van der Waals surface area contributed by atoms with Crippen LogP contribution in [0.15, 0.2) is 18.2 Å². The smallest absolute Gasteiger partial charge is 0.120 e. The van der Waals surface area contributed by atoms with Crippen LogP contribution >= 0.6 is 24.0 Å². The fourth-order valence-electron chi connectivity index (χ4n) is 0.752. The molecular weight excluding hydrogens is 197 g/mol. The summed E-state index contributed by atoms with van der Waals surface area (Å²) >= 11 is 5.78. The molecule has 2 nitrogen and oxygen atoms in total. The fourth-order valence-corrected chi connectivity index (χ4v) is 0.977. The zero-order valence-electron chi connectivity index (χ0n) is 6.50. The molecular formula is C8H9Cl2NO. The van der Waals surface area contributed by atoms with Crippen molar-refractivity contribution in [3.63, 3.8) is 0 Å². The molecule has 0 saturated carbocycles. The van der Waals surface area contributed by atoms with Gasteiger partial charge in [-0.15, -0.1) is 12.4 Å². The van der Waals surface area contributed by atoms with Crippen LogP contribution in [0.2, 0.25) is 5.02 Å². The normalized spacial score (nSPS) is 8.50. The minimum absolute atomic E-state index is 0. The Hall–Kier alpha value is -0.730. The predicted molar refractivity (Wildman–Crippen MR) is 53.1 cm³/mol. The molecule has 0 aliphatic rings. The molecule has 0 bridgehead atoms. The summed E-state index contributed by atoms with van der Waals surface area (Å²) in [5.41, 5.74) is 0.701. The molecule has 4 heteroatoms. The highest BCUT2D eigenvalue weighted by Gasteiger charge is 1.97. The first-order valence-electron chi connectivity index (χ1n) is 3.12. The first kappa shape index (κ1) is 11.3. The second-order valence-corrected chi connectivity index (χ2v) is 2.44. The summed E-state index contributed by atoms with van der Waals surface area (Å²) in [5, 5.41) is 7.50. The van der Waals surface area contributed by atoms with E-state index in [-0.39, 0.29) is 12.4 Å². The van der Waals surface area contributed by atoms with E-state index in [9.17, 15) is 0 Å². The minimum Gasteiger partial charge on any atom is -0.497 e. The standard InChI is InChI=1S/C8H8ClNO.ClH/c1-11-7-3-2-6(5-10)8(9)4-7;/h2-5,10H,1H3;1H. The third kappa shape index (κ3) is 2.40. The fraction of sp³-hybridized carbons (Fsp3) is 0.125. The number of halogens is 2. The maximum atomic E-state index is 6.96. The van der Waals surface area contributed by atoms with Gasteiger partial charge in [-0.1, -0.05) is 11.6 Å². The second kappa shape index (κ2) is 5.01. The van der Waals surface area contributed by atoms with Crippen LogP contribution in [-0.4, -0.2) is 13.3 Å². The average molecular weight is 206 g/mol. The van der Waals surface area contributed by atoms with Crippen LogP contribution in [0.3, 0.4) is 0 Å². The minimum atomic E-state index is 0. The maximum absolute atomic E-state index is 6.96. The first-order valence-corrected chi connectivity index (χ1v) is 3.49. The molecule has 1 aromatic rings. The number of methoxy groups -OCH3 is 1. The van der Waals surface area contributed by atoms with Crippen LogP contribution in [0.1, 0.15) is 5.56 Å². The Morgan fingerprint density at radius 2 is 2.17 bits per heavy atom. The number of nitrogens with one attached hydrogen (secondary N) is 1. The Morgan fingerprint density at radius 1 is 1.50 bits per heavy atom. The van der Waals surface area contributed by atoms with Gasteiger partial charge in [0.15, 0.2) is 0 Å². The van der Waals surface area contributed by atoms with Crippen LogP contribution in [0.5, 0.6) is 5.75 Å². The quantitative estimate of drug-likeness (QED) is 0.741. The summed E-state index contributed by atoms with van der Waals surface area (Å²) in [6.45, 7) is 0. The Balaban J connectivity index is 0.00000121. The van der Waals surface area contributed by atoms with Gasteiger partial charge < -0.3 is 10.1 Å². The van der Waals surface area contributed by atoms with Crippen LogP contribution in [0.4, 0.5) is 0 Å². The molecule has 0 heterocycles. The van der Waals surface area contributed by atoms with Gasteiger partial charge in [0.25, 0.3) is 0 Å². The summed E-state index contributed by atoms with van der Waals surface area (Å²) in [6.07, 6.45) is 1.21. The number of benzene rings is 1. The summed E-state index contributed by atoms with van der Waals surface area (Å²) in [6, 6.07) is 5.20. The molecule has 0 atom stereocenters. The molecule has 12 heavy (non-hydrogen) atoms. The van der Waals surface area contributed by atoms with Crippen LogP contribution in [0.25, 0.3) is 0 Å².